The van der Waals surface area contributed by atoms with E-state index in [1.54, 1.807) is 0 Å². The average molecular weight is 455 g/mol. The molecule has 0 N–H and O–H groups in total. The molecular weight excluding hydrogens is 431 g/mol. The molecule has 2 heteroatoms. The summed E-state index contributed by atoms with van der Waals surface area (Å²) in [4.78, 5) is -0.904. The zero-order valence-electron chi connectivity index (χ0n) is 17.7. The Morgan fingerprint density at radius 1 is 0.562 bits per heavy atom. The van der Waals surface area contributed by atoms with E-state index in [9.17, 15) is 0 Å². The molecule has 0 fully saturated rings. The van der Waals surface area contributed by atoms with Gasteiger partial charge in [-0.25, -0.2) is 0 Å². The molecule has 0 heterocycles. The van der Waals surface area contributed by atoms with Crippen molar-refractivity contribution in [2.45, 2.75) is 22.1 Å². The lowest BCUT2D eigenvalue weighted by molar-refractivity contribution is 0.412. The first-order chi connectivity index (χ1) is 15.7. The van der Waals surface area contributed by atoms with Gasteiger partial charge in [0.1, 0.15) is 4.87 Å². The number of benzene rings is 4. The third-order valence-corrected chi connectivity index (χ3v) is 7.98. The summed E-state index contributed by atoms with van der Waals surface area (Å²) in [7, 11) is 0. The molecule has 5 rings (SSSR count). The molecule has 0 bridgehead atoms. The van der Waals surface area contributed by atoms with E-state index in [0.717, 1.165) is 22.3 Å². The molecule has 0 saturated carbocycles. The van der Waals surface area contributed by atoms with Crippen LogP contribution in [0, 0.1) is 0 Å². The van der Waals surface area contributed by atoms with Crippen LogP contribution in [0.25, 0.3) is 5.57 Å². The first kappa shape index (κ1) is 21.1. The topological polar surface area (TPSA) is 0 Å². The third kappa shape index (κ3) is 3.13. The fraction of sp³-hybridized carbons (Fsp3) is 0.133. The summed E-state index contributed by atoms with van der Waals surface area (Å²) < 4.78 is 0. The molecule has 0 saturated heterocycles. The van der Waals surface area contributed by atoms with Crippen LogP contribution in [0.1, 0.15) is 28.7 Å². The van der Waals surface area contributed by atoms with Crippen LogP contribution in [0.5, 0.6) is 0 Å². The lowest BCUT2D eigenvalue weighted by Crippen LogP contribution is -2.54. The summed E-state index contributed by atoms with van der Waals surface area (Å²) in [6.45, 7) is 0. The second kappa shape index (κ2) is 8.62. The SMILES string of the molecule is Cl[C@H]1CC=C(c2ccccc2)C(c2ccccc2)(c2ccccc2)[C@@]1(Cl)c1ccccc1. The van der Waals surface area contributed by atoms with Crippen LogP contribution in [0.2, 0.25) is 0 Å². The smallest absolute Gasteiger partial charge is 0.104 e. The number of halogens is 2. The Bertz CT molecular complexity index is 1160. The number of hydrogen-bond acceptors (Lipinski definition) is 0. The van der Waals surface area contributed by atoms with Crippen LogP contribution >= 0.6 is 23.2 Å². The van der Waals surface area contributed by atoms with Crippen molar-refractivity contribution in [3.05, 3.63) is 150 Å². The molecule has 0 unspecified atom stereocenters. The van der Waals surface area contributed by atoms with Crippen LogP contribution in [0.15, 0.2) is 127 Å². The molecule has 32 heavy (non-hydrogen) atoms. The van der Waals surface area contributed by atoms with Gasteiger partial charge in [-0.05, 0) is 34.2 Å². The molecule has 4 aromatic rings. The zero-order chi connectivity index (χ0) is 22.0. The number of hydrogen-bond donors (Lipinski definition) is 0. The highest BCUT2D eigenvalue weighted by Gasteiger charge is 2.61. The van der Waals surface area contributed by atoms with E-state index in [4.69, 9.17) is 23.2 Å². The highest BCUT2D eigenvalue weighted by molar-refractivity contribution is 6.35. The van der Waals surface area contributed by atoms with E-state index in [1.165, 1.54) is 5.57 Å². The maximum atomic E-state index is 7.91. The zero-order valence-corrected chi connectivity index (χ0v) is 19.2. The minimum Gasteiger partial charge on any atom is -0.120 e. The molecule has 0 spiro atoms. The van der Waals surface area contributed by atoms with Crippen molar-refractivity contribution >= 4 is 28.8 Å². The lowest BCUT2D eigenvalue weighted by atomic mass is 9.54. The largest absolute Gasteiger partial charge is 0.120 e. The van der Waals surface area contributed by atoms with E-state index in [0.29, 0.717) is 6.42 Å². The van der Waals surface area contributed by atoms with Gasteiger partial charge >= 0.3 is 0 Å². The maximum absolute atomic E-state index is 7.91. The minimum absolute atomic E-state index is 0.306. The first-order valence-corrected chi connectivity index (χ1v) is 11.8. The van der Waals surface area contributed by atoms with E-state index in [1.807, 2.05) is 30.3 Å². The molecule has 4 aromatic carbocycles. The quantitative estimate of drug-likeness (QED) is 0.272. The Morgan fingerprint density at radius 2 is 0.969 bits per heavy atom. The van der Waals surface area contributed by atoms with Gasteiger partial charge < -0.3 is 0 Å². The van der Waals surface area contributed by atoms with Crippen LogP contribution < -0.4 is 0 Å². The predicted molar refractivity (Wildman–Crippen MR) is 136 cm³/mol. The van der Waals surface area contributed by atoms with Gasteiger partial charge in [0.15, 0.2) is 0 Å². The molecular formula is C30H24Cl2. The fourth-order valence-corrected chi connectivity index (χ4v) is 6.19. The molecule has 0 radical (unpaired) electrons. The molecule has 158 valence electrons. The van der Waals surface area contributed by atoms with Gasteiger partial charge in [-0.15, -0.1) is 23.2 Å². The summed E-state index contributed by atoms with van der Waals surface area (Å²) in [5.74, 6) is 0. The van der Waals surface area contributed by atoms with Crippen LogP contribution in [-0.4, -0.2) is 5.38 Å². The van der Waals surface area contributed by atoms with E-state index in [2.05, 4.69) is 97.1 Å². The number of rotatable bonds is 4. The van der Waals surface area contributed by atoms with Crippen molar-refractivity contribution in [3.63, 3.8) is 0 Å². The Morgan fingerprint density at radius 3 is 1.44 bits per heavy atom. The molecule has 0 aromatic heterocycles. The first-order valence-electron chi connectivity index (χ1n) is 10.9. The van der Waals surface area contributed by atoms with Gasteiger partial charge in [0.05, 0.1) is 10.8 Å². The van der Waals surface area contributed by atoms with Crippen LogP contribution in [0.4, 0.5) is 0 Å². The highest BCUT2D eigenvalue weighted by Crippen LogP contribution is 2.63. The van der Waals surface area contributed by atoms with Crippen molar-refractivity contribution in [1.82, 2.24) is 0 Å². The van der Waals surface area contributed by atoms with Crippen molar-refractivity contribution in [2.75, 3.05) is 0 Å². The Hall–Kier alpha value is -2.80. The third-order valence-electron chi connectivity index (χ3n) is 6.60. The Balaban J connectivity index is 1.95. The maximum Gasteiger partial charge on any atom is 0.104 e. The molecule has 2 atom stereocenters. The van der Waals surface area contributed by atoms with Crippen LogP contribution in [-0.2, 0) is 10.3 Å². The van der Waals surface area contributed by atoms with Gasteiger partial charge in [0.25, 0.3) is 0 Å². The number of alkyl halides is 2. The lowest BCUT2D eigenvalue weighted by Gasteiger charge is -2.54. The van der Waals surface area contributed by atoms with Gasteiger partial charge in [-0.2, -0.15) is 0 Å². The van der Waals surface area contributed by atoms with Crippen molar-refractivity contribution < 1.29 is 0 Å². The second-order valence-corrected chi connectivity index (χ2v) is 9.37. The minimum atomic E-state index is -0.904. The van der Waals surface area contributed by atoms with Gasteiger partial charge in [0.2, 0.25) is 0 Å². The Labute approximate surface area is 200 Å². The van der Waals surface area contributed by atoms with Crippen LogP contribution in [0.3, 0.4) is 0 Å². The van der Waals surface area contributed by atoms with Gasteiger partial charge in [-0.1, -0.05) is 127 Å². The predicted octanol–water partition coefficient (Wildman–Crippen LogP) is 8.20. The summed E-state index contributed by atoms with van der Waals surface area (Å²) in [6.07, 6.45) is 2.97. The van der Waals surface area contributed by atoms with E-state index in [-0.39, 0.29) is 5.38 Å². The average Bonchev–Trinajstić information content (AvgIpc) is 2.88. The highest BCUT2D eigenvalue weighted by atomic mass is 35.5. The summed E-state index contributed by atoms with van der Waals surface area (Å²) in [5.41, 5.74) is 4.94. The molecule has 0 nitrogen and oxygen atoms in total. The summed E-state index contributed by atoms with van der Waals surface area (Å²) in [5, 5.41) is -0.306. The molecule has 0 amide bonds. The summed E-state index contributed by atoms with van der Waals surface area (Å²) >= 11 is 15.1. The van der Waals surface area contributed by atoms with Gasteiger partial charge in [0, 0.05) is 0 Å². The van der Waals surface area contributed by atoms with Gasteiger partial charge in [-0.3, -0.25) is 0 Å². The standard InChI is InChI=1S/C30H24Cl2/c31-28-22-21-27(23-13-5-1-6-14-23)29(24-15-7-2-8-16-24,25-17-9-3-10-18-25)30(28,32)26-19-11-4-12-20-26/h1-21,28H,22H2/t28-,30+/m0/s1. The van der Waals surface area contributed by atoms with Crippen molar-refractivity contribution in [3.8, 4) is 0 Å². The Kier molecular flexibility index (Phi) is 5.67. The molecule has 0 aliphatic heterocycles. The normalized spacial score (nSPS) is 22.2. The number of allylic oxidation sites excluding steroid dienone is 2. The van der Waals surface area contributed by atoms with E-state index >= 15 is 0 Å². The second-order valence-electron chi connectivity index (χ2n) is 8.25. The van der Waals surface area contributed by atoms with Crippen molar-refractivity contribution in [1.29, 1.82) is 0 Å². The monoisotopic (exact) mass is 454 g/mol. The van der Waals surface area contributed by atoms with E-state index < -0.39 is 10.3 Å². The summed E-state index contributed by atoms with van der Waals surface area (Å²) in [6, 6.07) is 42.1. The molecule has 1 aliphatic rings. The fourth-order valence-electron chi connectivity index (χ4n) is 5.27. The molecule has 1 aliphatic carbocycles. The van der Waals surface area contributed by atoms with Crippen molar-refractivity contribution in [2.24, 2.45) is 0 Å².